The summed E-state index contributed by atoms with van der Waals surface area (Å²) in [5, 5.41) is 19.7. The van der Waals surface area contributed by atoms with Gasteiger partial charge < -0.3 is 10.2 Å². The first-order valence-corrected chi connectivity index (χ1v) is 6.03. The Hall–Kier alpha value is -0.820. The Morgan fingerprint density at radius 1 is 1.56 bits per heavy atom. The van der Waals surface area contributed by atoms with Crippen molar-refractivity contribution >= 4 is 0 Å². The molecule has 1 saturated carbocycles. The number of aliphatic hydroxyl groups is 2. The van der Waals surface area contributed by atoms with Crippen molar-refractivity contribution in [3.8, 4) is 0 Å². The molecule has 0 aromatic rings. The van der Waals surface area contributed by atoms with E-state index < -0.39 is 5.60 Å². The molecule has 90 valence electrons. The van der Waals surface area contributed by atoms with Gasteiger partial charge in [-0.3, -0.25) is 0 Å². The fourth-order valence-electron chi connectivity index (χ4n) is 1.88. The van der Waals surface area contributed by atoms with Crippen LogP contribution in [0.1, 0.15) is 45.4 Å². The van der Waals surface area contributed by atoms with E-state index in [2.05, 4.69) is 12.3 Å². The Labute approximate surface area is 98.0 Å². The predicted octanol–water partition coefficient (Wildman–Crippen LogP) is 2.72. The van der Waals surface area contributed by atoms with Gasteiger partial charge in [0.2, 0.25) is 0 Å². The Morgan fingerprint density at radius 3 is 2.94 bits per heavy atom. The SMILES string of the molecule is C=CCCC(C)(O)C=C=C1CCCC[C@H]1O. The second kappa shape index (κ2) is 6.05. The maximum absolute atomic E-state index is 10.0. The molecule has 16 heavy (non-hydrogen) atoms. The third-order valence-corrected chi connectivity index (χ3v) is 3.00. The second-order valence-electron chi connectivity index (χ2n) is 4.76. The van der Waals surface area contributed by atoms with Crippen molar-refractivity contribution in [1.82, 2.24) is 0 Å². The number of rotatable bonds is 4. The highest BCUT2D eigenvalue weighted by atomic mass is 16.3. The van der Waals surface area contributed by atoms with Crippen molar-refractivity contribution in [1.29, 1.82) is 0 Å². The molecule has 0 heterocycles. The molecule has 0 aliphatic heterocycles. The molecule has 0 amide bonds. The van der Waals surface area contributed by atoms with Gasteiger partial charge in [-0.1, -0.05) is 12.5 Å². The van der Waals surface area contributed by atoms with E-state index in [0.29, 0.717) is 6.42 Å². The summed E-state index contributed by atoms with van der Waals surface area (Å²) in [6, 6.07) is 0. The highest BCUT2D eigenvalue weighted by Crippen LogP contribution is 2.23. The lowest BCUT2D eigenvalue weighted by molar-refractivity contribution is 0.103. The lowest BCUT2D eigenvalue weighted by Crippen LogP contribution is -2.20. The fraction of sp³-hybridized carbons (Fsp3) is 0.643. The van der Waals surface area contributed by atoms with E-state index in [4.69, 9.17) is 0 Å². The van der Waals surface area contributed by atoms with Crippen molar-refractivity contribution in [3.63, 3.8) is 0 Å². The largest absolute Gasteiger partial charge is 0.388 e. The normalized spacial score (nSPS) is 24.4. The summed E-state index contributed by atoms with van der Waals surface area (Å²) in [5.74, 6) is 0. The van der Waals surface area contributed by atoms with E-state index >= 15 is 0 Å². The molecule has 0 aromatic heterocycles. The van der Waals surface area contributed by atoms with Gasteiger partial charge in [-0.2, -0.15) is 0 Å². The quantitative estimate of drug-likeness (QED) is 0.567. The number of hydrogen-bond donors (Lipinski definition) is 2. The van der Waals surface area contributed by atoms with Gasteiger partial charge in [0.1, 0.15) is 0 Å². The molecule has 2 N–H and O–H groups in total. The van der Waals surface area contributed by atoms with Crippen LogP contribution in [0.2, 0.25) is 0 Å². The van der Waals surface area contributed by atoms with Gasteiger partial charge in [-0.05, 0) is 50.7 Å². The summed E-state index contributed by atoms with van der Waals surface area (Å²) in [7, 11) is 0. The molecule has 2 heteroatoms. The van der Waals surface area contributed by atoms with Crippen LogP contribution in [0.15, 0.2) is 30.0 Å². The molecule has 0 bridgehead atoms. The third-order valence-electron chi connectivity index (χ3n) is 3.00. The van der Waals surface area contributed by atoms with Crippen LogP contribution in [-0.2, 0) is 0 Å². The molecule has 1 rings (SSSR count). The average molecular weight is 222 g/mol. The second-order valence-corrected chi connectivity index (χ2v) is 4.76. The van der Waals surface area contributed by atoms with Crippen molar-refractivity contribution in [2.45, 2.75) is 57.2 Å². The zero-order valence-corrected chi connectivity index (χ0v) is 10.1. The fourth-order valence-corrected chi connectivity index (χ4v) is 1.88. The molecule has 1 fully saturated rings. The molecule has 0 saturated heterocycles. The van der Waals surface area contributed by atoms with E-state index in [1.54, 1.807) is 19.1 Å². The molecule has 1 unspecified atom stereocenters. The van der Waals surface area contributed by atoms with Crippen LogP contribution in [0.5, 0.6) is 0 Å². The molecule has 1 aliphatic carbocycles. The van der Waals surface area contributed by atoms with Crippen LogP contribution >= 0.6 is 0 Å². The molecule has 0 spiro atoms. The summed E-state index contributed by atoms with van der Waals surface area (Å²) in [4.78, 5) is 0. The minimum absolute atomic E-state index is 0.361. The molecule has 2 nitrogen and oxygen atoms in total. The molecular formula is C14H22O2. The topological polar surface area (TPSA) is 40.5 Å². The van der Waals surface area contributed by atoms with E-state index in [1.807, 2.05) is 0 Å². The lowest BCUT2D eigenvalue weighted by atomic mass is 9.91. The number of allylic oxidation sites excluding steroid dienone is 1. The average Bonchev–Trinajstić information content (AvgIpc) is 2.26. The molecule has 0 radical (unpaired) electrons. The zero-order valence-electron chi connectivity index (χ0n) is 10.1. The van der Waals surface area contributed by atoms with Crippen LogP contribution in [0.3, 0.4) is 0 Å². The van der Waals surface area contributed by atoms with Crippen LogP contribution in [0.25, 0.3) is 0 Å². The minimum atomic E-state index is -0.849. The van der Waals surface area contributed by atoms with E-state index in [0.717, 1.165) is 37.7 Å². The maximum Gasteiger partial charge on any atom is 0.0875 e. The standard InChI is InChI=1S/C14H22O2/c1-3-4-10-14(2,16)11-9-12-7-5-6-8-13(12)15/h3,11,13,15-16H,1,4-8,10H2,2H3/t9?,13-,14?/m1/s1. The summed E-state index contributed by atoms with van der Waals surface area (Å²) in [6.45, 7) is 5.40. The number of aliphatic hydroxyl groups excluding tert-OH is 1. The first-order valence-electron chi connectivity index (χ1n) is 6.03. The third kappa shape index (κ3) is 4.36. The van der Waals surface area contributed by atoms with Gasteiger partial charge in [0.25, 0.3) is 0 Å². The van der Waals surface area contributed by atoms with Crippen molar-refractivity contribution < 1.29 is 10.2 Å². The number of hydrogen-bond acceptors (Lipinski definition) is 2. The van der Waals surface area contributed by atoms with Gasteiger partial charge in [0.05, 0.1) is 11.7 Å². The van der Waals surface area contributed by atoms with Crippen LogP contribution in [-0.4, -0.2) is 21.9 Å². The van der Waals surface area contributed by atoms with Crippen molar-refractivity contribution in [2.24, 2.45) is 0 Å². The van der Waals surface area contributed by atoms with Crippen molar-refractivity contribution in [3.05, 3.63) is 30.0 Å². The van der Waals surface area contributed by atoms with Gasteiger partial charge in [0.15, 0.2) is 0 Å². The first kappa shape index (κ1) is 13.2. The van der Waals surface area contributed by atoms with Gasteiger partial charge in [0, 0.05) is 0 Å². The van der Waals surface area contributed by atoms with Crippen molar-refractivity contribution in [2.75, 3.05) is 0 Å². The minimum Gasteiger partial charge on any atom is -0.388 e. The predicted molar refractivity (Wildman–Crippen MR) is 66.1 cm³/mol. The molecular weight excluding hydrogens is 200 g/mol. The molecule has 2 atom stereocenters. The van der Waals surface area contributed by atoms with Crippen LogP contribution in [0.4, 0.5) is 0 Å². The van der Waals surface area contributed by atoms with Gasteiger partial charge in [-0.25, -0.2) is 0 Å². The van der Waals surface area contributed by atoms with Crippen LogP contribution < -0.4 is 0 Å². The monoisotopic (exact) mass is 222 g/mol. The van der Waals surface area contributed by atoms with E-state index in [-0.39, 0.29) is 6.10 Å². The Balaban J connectivity index is 2.67. The summed E-state index contributed by atoms with van der Waals surface area (Å²) in [5.41, 5.74) is 3.16. The maximum atomic E-state index is 10.0. The Morgan fingerprint density at radius 2 is 2.31 bits per heavy atom. The molecule has 0 aromatic carbocycles. The highest BCUT2D eigenvalue weighted by Gasteiger charge is 2.17. The Bertz CT molecular complexity index is 296. The van der Waals surface area contributed by atoms with E-state index in [1.165, 1.54) is 0 Å². The highest BCUT2D eigenvalue weighted by molar-refractivity contribution is 5.12. The molecule has 1 aliphatic rings. The summed E-state index contributed by atoms with van der Waals surface area (Å²) >= 11 is 0. The lowest BCUT2D eigenvalue weighted by Gasteiger charge is -2.20. The summed E-state index contributed by atoms with van der Waals surface area (Å²) in [6.07, 6.45) is 8.46. The van der Waals surface area contributed by atoms with Gasteiger partial charge >= 0.3 is 0 Å². The first-order chi connectivity index (χ1) is 7.55. The smallest absolute Gasteiger partial charge is 0.0875 e. The zero-order chi connectivity index (χ0) is 12.0. The summed E-state index contributed by atoms with van der Waals surface area (Å²) < 4.78 is 0. The van der Waals surface area contributed by atoms with Crippen LogP contribution in [0, 0.1) is 0 Å². The van der Waals surface area contributed by atoms with Gasteiger partial charge in [-0.15, -0.1) is 12.3 Å². The Kier molecular flexibility index (Phi) is 5.01. The van der Waals surface area contributed by atoms with E-state index in [9.17, 15) is 10.2 Å².